The van der Waals surface area contributed by atoms with E-state index in [1.807, 2.05) is 30.3 Å². The van der Waals surface area contributed by atoms with Gasteiger partial charge in [-0.05, 0) is 30.9 Å². The molecule has 1 N–H and O–H groups in total. The van der Waals surface area contributed by atoms with Crippen molar-refractivity contribution in [3.05, 3.63) is 71.3 Å². The van der Waals surface area contributed by atoms with Gasteiger partial charge in [0.15, 0.2) is 0 Å². The molecule has 1 saturated heterocycles. The quantitative estimate of drug-likeness (QED) is 0.928. The van der Waals surface area contributed by atoms with Crippen molar-refractivity contribution in [2.45, 2.75) is 31.9 Å². The van der Waals surface area contributed by atoms with Gasteiger partial charge in [0.2, 0.25) is 0 Å². The smallest absolute Gasteiger partial charge is 0.0920 e. The lowest BCUT2D eigenvalue weighted by atomic mass is 9.84. The minimum atomic E-state index is -0.648. The second-order valence-electron chi connectivity index (χ2n) is 6.16. The lowest BCUT2D eigenvalue weighted by Gasteiger charge is -2.38. The summed E-state index contributed by atoms with van der Waals surface area (Å²) in [5.74, 6) is 0. The topological polar surface area (TPSA) is 23.5 Å². The van der Waals surface area contributed by atoms with E-state index in [0.717, 1.165) is 38.0 Å². The first-order chi connectivity index (χ1) is 10.2. The van der Waals surface area contributed by atoms with Crippen LogP contribution in [0.4, 0.5) is 0 Å². The number of piperidine rings is 1. The summed E-state index contributed by atoms with van der Waals surface area (Å²) < 4.78 is 0. The molecule has 3 heteroatoms. The second kappa shape index (κ2) is 7.28. The van der Waals surface area contributed by atoms with Crippen LogP contribution in [0.25, 0.3) is 0 Å². The first-order valence-corrected chi connectivity index (χ1v) is 7.72. The van der Waals surface area contributed by atoms with Crippen molar-refractivity contribution < 1.29 is 5.11 Å². The molecule has 3 rings (SSSR count). The lowest BCUT2D eigenvalue weighted by molar-refractivity contribution is -0.0277. The Kier molecular flexibility index (Phi) is 5.63. The molecule has 0 spiro atoms. The molecule has 22 heavy (non-hydrogen) atoms. The van der Waals surface area contributed by atoms with Gasteiger partial charge in [0.25, 0.3) is 0 Å². The van der Waals surface area contributed by atoms with E-state index < -0.39 is 5.60 Å². The Bertz CT molecular complexity index is 574. The Morgan fingerprint density at radius 2 is 1.55 bits per heavy atom. The summed E-state index contributed by atoms with van der Waals surface area (Å²) in [5.41, 5.74) is 3.06. The number of benzene rings is 2. The monoisotopic (exact) mass is 317 g/mol. The fourth-order valence-electron chi connectivity index (χ4n) is 3.07. The minimum absolute atomic E-state index is 0. The van der Waals surface area contributed by atoms with Crippen LogP contribution in [-0.2, 0) is 12.1 Å². The minimum Gasteiger partial charge on any atom is -0.385 e. The van der Waals surface area contributed by atoms with Crippen molar-refractivity contribution >= 4 is 12.4 Å². The molecule has 0 unspecified atom stereocenters. The number of hydrogen-bond acceptors (Lipinski definition) is 2. The van der Waals surface area contributed by atoms with Crippen LogP contribution in [0.15, 0.2) is 54.6 Å². The van der Waals surface area contributed by atoms with Gasteiger partial charge >= 0.3 is 0 Å². The van der Waals surface area contributed by atoms with Crippen molar-refractivity contribution in [1.82, 2.24) is 4.90 Å². The number of aliphatic hydroxyl groups is 1. The molecule has 2 aromatic rings. The van der Waals surface area contributed by atoms with Gasteiger partial charge in [-0.15, -0.1) is 12.4 Å². The van der Waals surface area contributed by atoms with Crippen molar-refractivity contribution in [2.24, 2.45) is 0 Å². The molecular formula is C19H24ClNO. The second-order valence-corrected chi connectivity index (χ2v) is 6.16. The van der Waals surface area contributed by atoms with Crippen LogP contribution in [0.2, 0.25) is 0 Å². The van der Waals surface area contributed by atoms with Crippen molar-refractivity contribution in [3.63, 3.8) is 0 Å². The molecular weight excluding hydrogens is 294 g/mol. The highest BCUT2D eigenvalue weighted by Gasteiger charge is 2.33. The highest BCUT2D eigenvalue weighted by atomic mass is 35.5. The third kappa shape index (κ3) is 3.89. The van der Waals surface area contributed by atoms with Crippen LogP contribution in [0.1, 0.15) is 29.5 Å². The SMILES string of the molecule is Cc1ccc(CN2CCC(O)(c3ccccc3)CC2)cc1.Cl. The Hall–Kier alpha value is -1.35. The van der Waals surface area contributed by atoms with E-state index in [4.69, 9.17) is 0 Å². The molecule has 1 aliphatic rings. The molecule has 0 atom stereocenters. The van der Waals surface area contributed by atoms with Gasteiger partial charge in [0.1, 0.15) is 0 Å². The van der Waals surface area contributed by atoms with Gasteiger partial charge in [-0.2, -0.15) is 0 Å². The molecule has 118 valence electrons. The van der Waals surface area contributed by atoms with Gasteiger partial charge in [-0.25, -0.2) is 0 Å². The molecule has 1 fully saturated rings. The molecule has 0 amide bonds. The highest BCUT2D eigenvalue weighted by molar-refractivity contribution is 5.85. The van der Waals surface area contributed by atoms with Gasteiger partial charge in [-0.3, -0.25) is 4.90 Å². The van der Waals surface area contributed by atoms with E-state index in [1.165, 1.54) is 11.1 Å². The fourth-order valence-corrected chi connectivity index (χ4v) is 3.07. The molecule has 1 aliphatic heterocycles. The van der Waals surface area contributed by atoms with Crippen LogP contribution in [0.3, 0.4) is 0 Å². The predicted molar refractivity (Wildman–Crippen MR) is 93.3 cm³/mol. The number of aryl methyl sites for hydroxylation is 1. The zero-order chi connectivity index (χ0) is 14.7. The fraction of sp³-hybridized carbons (Fsp3) is 0.368. The maximum atomic E-state index is 10.8. The van der Waals surface area contributed by atoms with E-state index in [-0.39, 0.29) is 12.4 Å². The third-order valence-electron chi connectivity index (χ3n) is 4.52. The molecule has 1 heterocycles. The normalized spacial score (nSPS) is 17.7. The Morgan fingerprint density at radius 3 is 2.14 bits per heavy atom. The molecule has 0 saturated carbocycles. The van der Waals surface area contributed by atoms with E-state index in [2.05, 4.69) is 36.1 Å². The summed E-state index contributed by atoms with van der Waals surface area (Å²) in [6.45, 7) is 4.98. The predicted octanol–water partition coefficient (Wildman–Crippen LogP) is 3.90. The van der Waals surface area contributed by atoms with Gasteiger partial charge < -0.3 is 5.11 Å². The molecule has 2 aromatic carbocycles. The zero-order valence-electron chi connectivity index (χ0n) is 13.0. The van der Waals surface area contributed by atoms with Crippen molar-refractivity contribution in [3.8, 4) is 0 Å². The molecule has 0 aliphatic carbocycles. The maximum Gasteiger partial charge on any atom is 0.0920 e. The van der Waals surface area contributed by atoms with E-state index in [1.54, 1.807) is 0 Å². The summed E-state index contributed by atoms with van der Waals surface area (Å²) in [6.07, 6.45) is 1.62. The van der Waals surface area contributed by atoms with Gasteiger partial charge in [-0.1, -0.05) is 60.2 Å². The number of nitrogens with zero attached hydrogens (tertiary/aromatic N) is 1. The summed E-state index contributed by atoms with van der Waals surface area (Å²) in [7, 11) is 0. The van der Waals surface area contributed by atoms with Crippen LogP contribution in [0.5, 0.6) is 0 Å². The van der Waals surface area contributed by atoms with Gasteiger partial charge in [0, 0.05) is 19.6 Å². The summed E-state index contributed by atoms with van der Waals surface area (Å²) >= 11 is 0. The number of rotatable bonds is 3. The Labute approximate surface area is 139 Å². The standard InChI is InChI=1S/C19H23NO.ClH/c1-16-7-9-17(10-8-16)15-20-13-11-19(21,12-14-20)18-5-3-2-4-6-18;/h2-10,21H,11-15H2,1H3;1H. The first-order valence-electron chi connectivity index (χ1n) is 7.72. The van der Waals surface area contributed by atoms with Crippen LogP contribution in [-0.4, -0.2) is 23.1 Å². The summed E-state index contributed by atoms with van der Waals surface area (Å²) in [4.78, 5) is 2.43. The average Bonchev–Trinajstić information content (AvgIpc) is 2.53. The lowest BCUT2D eigenvalue weighted by Crippen LogP contribution is -2.42. The van der Waals surface area contributed by atoms with E-state index >= 15 is 0 Å². The van der Waals surface area contributed by atoms with Gasteiger partial charge in [0.05, 0.1) is 5.60 Å². The molecule has 0 radical (unpaired) electrons. The third-order valence-corrected chi connectivity index (χ3v) is 4.52. The first kappa shape index (κ1) is 17.0. The number of hydrogen-bond donors (Lipinski definition) is 1. The Morgan fingerprint density at radius 1 is 0.955 bits per heavy atom. The summed E-state index contributed by atoms with van der Waals surface area (Å²) in [5, 5.41) is 10.8. The van der Waals surface area contributed by atoms with Crippen LogP contribution < -0.4 is 0 Å². The maximum absolute atomic E-state index is 10.8. The summed E-state index contributed by atoms with van der Waals surface area (Å²) in [6, 6.07) is 18.8. The number of likely N-dealkylation sites (tertiary alicyclic amines) is 1. The van der Waals surface area contributed by atoms with E-state index in [0.29, 0.717) is 0 Å². The van der Waals surface area contributed by atoms with Crippen molar-refractivity contribution in [2.75, 3.05) is 13.1 Å². The highest BCUT2D eigenvalue weighted by Crippen LogP contribution is 2.32. The molecule has 0 bridgehead atoms. The molecule has 2 nitrogen and oxygen atoms in total. The Balaban J connectivity index is 0.00000176. The van der Waals surface area contributed by atoms with Crippen LogP contribution >= 0.6 is 12.4 Å². The molecule has 0 aromatic heterocycles. The van der Waals surface area contributed by atoms with E-state index in [9.17, 15) is 5.11 Å². The zero-order valence-corrected chi connectivity index (χ0v) is 13.9. The van der Waals surface area contributed by atoms with Crippen LogP contribution in [0, 0.1) is 6.92 Å². The number of halogens is 1. The average molecular weight is 318 g/mol. The largest absolute Gasteiger partial charge is 0.385 e. The van der Waals surface area contributed by atoms with Crippen molar-refractivity contribution in [1.29, 1.82) is 0 Å².